The Morgan fingerprint density at radius 1 is 0.164 bits per heavy atom. The first kappa shape index (κ1) is 88.8. The summed E-state index contributed by atoms with van der Waals surface area (Å²) in [7, 11) is 0. The summed E-state index contributed by atoms with van der Waals surface area (Å²) >= 11 is 0. The van der Waals surface area contributed by atoms with E-state index in [1.165, 1.54) is 0 Å². The molecular formula is C60H100O50. The summed E-state index contributed by atoms with van der Waals surface area (Å²) in [5.74, 6) is 0. The number of ether oxygens (including phenoxy) is 20. The van der Waals surface area contributed by atoms with Crippen molar-refractivity contribution in [3.05, 3.63) is 0 Å². The van der Waals surface area contributed by atoms with Gasteiger partial charge < -0.3 is 248 Å². The fourth-order valence-electron chi connectivity index (χ4n) is 14.8. The molecule has 50 nitrogen and oxygen atoms in total. The van der Waals surface area contributed by atoms with E-state index < -0.39 is 373 Å². The maximum Gasteiger partial charge on any atom is 0.187 e. The van der Waals surface area contributed by atoms with Gasteiger partial charge in [-0.25, -0.2) is 0 Å². The van der Waals surface area contributed by atoms with Crippen LogP contribution in [0.25, 0.3) is 0 Å². The lowest BCUT2D eigenvalue weighted by atomic mass is 9.95. The van der Waals surface area contributed by atoms with Gasteiger partial charge in [0.25, 0.3) is 0 Å². The van der Waals surface area contributed by atoms with Crippen LogP contribution in [-0.4, -0.2) is 526 Å². The lowest BCUT2D eigenvalue weighted by Gasteiger charge is -2.50. The Labute approximate surface area is 619 Å². The molecule has 24 aliphatic rings. The predicted molar refractivity (Wildman–Crippen MR) is 326 cm³/mol. The van der Waals surface area contributed by atoms with Crippen molar-refractivity contribution in [2.24, 2.45) is 0 Å². The second-order valence-electron chi connectivity index (χ2n) is 28.1. The molecule has 0 aromatic carbocycles. The first-order valence-corrected chi connectivity index (χ1v) is 35.2. The molecule has 24 saturated heterocycles. The molecule has 24 aliphatic heterocycles. The molecule has 30 N–H and O–H groups in total. The van der Waals surface area contributed by atoms with E-state index in [9.17, 15) is 153 Å². The van der Waals surface area contributed by atoms with Gasteiger partial charge in [-0.2, -0.15) is 0 Å². The van der Waals surface area contributed by atoms with E-state index >= 15 is 0 Å². The van der Waals surface area contributed by atoms with E-state index in [1.807, 2.05) is 0 Å². The normalized spacial score (nSPS) is 55.0. The molecule has 14 bridgehead atoms. The average molecular weight is 1620 g/mol. The average Bonchev–Trinajstić information content (AvgIpc) is 0.789. The van der Waals surface area contributed by atoms with E-state index in [-0.39, 0.29) is 0 Å². The highest BCUT2D eigenvalue weighted by Crippen LogP contribution is 2.41. The standard InChI is InChI=1S/C60H100O50/c61-1-11-21(70)22(71)32(81)52(92-11)102-43-13(3-63)94-53(34(83)24(43)73)103-42-12(2-62)93-51(33(82)23(42)72)91-10-20-50-31(80)41(90)60(101-20)109-49-19(9-69)99-58(39(88)29(49)78)107-47-17(7-67)97-56(37(86)27(47)76)105-45-15(5-65)95-54(35(84)25(45)74)104-44-14(4-64)96-55(36(85)26(44)75)106-46-16(6-66)98-57(38(87)28(46)77)108-48-18(8-68)100-59(110-50)40(89)30(48)79/h11-90H,1-10H2/t11-,12-,13-,14-,15-,16-,17-,18-,19-,20-,21+,22+,23-,24-,25-,26-,27-,28-,29-,30-,31-,32-,33-,34-,35-,36-,37-,38-,39-,40-,41-,42-,43+,44-,45-,46-,47-,48-,49-,50-,51-,52+,53+,54-,55-,56-,57-,58-,59-,60-/m1/s1. The minimum Gasteiger partial charge on any atom is -0.394 e. The molecule has 24 rings (SSSR count). The zero-order valence-electron chi connectivity index (χ0n) is 57.5. The monoisotopic (exact) mass is 1620 g/mol. The minimum absolute atomic E-state index is 0.897. The number of hydrogen-bond donors (Lipinski definition) is 30. The van der Waals surface area contributed by atoms with Crippen LogP contribution in [-0.2, 0) is 94.7 Å². The summed E-state index contributed by atoms with van der Waals surface area (Å²) in [6, 6.07) is 0. The number of aliphatic hydroxyl groups excluding tert-OH is 30. The Bertz CT molecular complexity index is 2780. The number of rotatable bonds is 16. The predicted octanol–water partition coefficient (Wildman–Crippen LogP) is -21.8. The fourth-order valence-corrected chi connectivity index (χ4v) is 14.8. The molecule has 0 saturated carbocycles. The van der Waals surface area contributed by atoms with Gasteiger partial charge in [0.2, 0.25) is 0 Å². The van der Waals surface area contributed by atoms with Crippen LogP contribution >= 0.6 is 0 Å². The van der Waals surface area contributed by atoms with Crippen LogP contribution in [0.1, 0.15) is 0 Å². The van der Waals surface area contributed by atoms with Crippen molar-refractivity contribution >= 4 is 0 Å². The highest BCUT2D eigenvalue weighted by atomic mass is 16.8. The molecule has 24 fully saturated rings. The summed E-state index contributed by atoms with van der Waals surface area (Å²) in [6.45, 7) is -11.2. The third-order valence-corrected chi connectivity index (χ3v) is 21.1. The van der Waals surface area contributed by atoms with Crippen molar-refractivity contribution in [2.45, 2.75) is 307 Å². The maximum absolute atomic E-state index is 12.1. The van der Waals surface area contributed by atoms with E-state index in [0.29, 0.717) is 0 Å². The van der Waals surface area contributed by atoms with Crippen LogP contribution in [0.2, 0.25) is 0 Å². The van der Waals surface area contributed by atoms with Crippen LogP contribution < -0.4 is 0 Å². The van der Waals surface area contributed by atoms with Crippen LogP contribution in [0, 0.1) is 0 Å². The van der Waals surface area contributed by atoms with Gasteiger partial charge in [0.05, 0.1) is 66.1 Å². The Kier molecular flexibility index (Phi) is 30.6. The molecule has 0 spiro atoms. The van der Waals surface area contributed by atoms with Gasteiger partial charge in [-0.15, -0.1) is 0 Å². The van der Waals surface area contributed by atoms with Gasteiger partial charge in [0.1, 0.15) is 244 Å². The van der Waals surface area contributed by atoms with Crippen molar-refractivity contribution in [1.29, 1.82) is 0 Å². The first-order valence-electron chi connectivity index (χ1n) is 35.2. The summed E-state index contributed by atoms with van der Waals surface area (Å²) in [6.07, 6.45) is -106. The van der Waals surface area contributed by atoms with Gasteiger partial charge in [0.15, 0.2) is 62.9 Å². The molecule has 640 valence electrons. The third kappa shape index (κ3) is 17.7. The lowest BCUT2D eigenvalue weighted by Crippen LogP contribution is -2.68. The van der Waals surface area contributed by atoms with Gasteiger partial charge >= 0.3 is 0 Å². The quantitative estimate of drug-likeness (QED) is 0.0682. The van der Waals surface area contributed by atoms with Gasteiger partial charge in [0, 0.05) is 0 Å². The zero-order valence-corrected chi connectivity index (χ0v) is 57.5. The Morgan fingerprint density at radius 3 is 0.609 bits per heavy atom. The Balaban J connectivity index is 0.852. The van der Waals surface area contributed by atoms with Crippen molar-refractivity contribution < 1.29 is 248 Å². The number of aliphatic hydroxyl groups is 30. The SMILES string of the molecule is OC[C@H]1O[C@@H](O[C@@H]2[C@H](O)[C@@H](O)[C@H](O[C@H]3[C@H](O)[C@@H](O)[C@H](OC[C@H]4O[C@@H]5O[C@H]6[C@H](O)[C@@H](O)[C@@H](O[C@H]7[C@H](O)[C@@H](O)[C@@H](O[C@H]8[C@H](O)[C@@H](O)[C@@H](O[C@H]9[C@H](O)[C@@H](O)[C@@H](O[C@H]%10[C@H](O)[C@@H](O)[C@@H](O[C@H]%11[C@H](O)[C@@H](O)[C@@H](O[C@H]4[C@H](O)[C@H]5O)O[C@@H]%11CO)O[C@@H]%10CO)O[C@@H]9CO)O[C@@H]8CO)O[C@@H]7CO)O[C@@H]6CO)O[C@@H]3CO)O[C@@H]2CO)[C@H](O)[C@@H](O)[C@H]1O. The third-order valence-electron chi connectivity index (χ3n) is 21.1. The Hall–Kier alpha value is -2.00. The molecule has 24 heterocycles. The lowest BCUT2D eigenvalue weighted by molar-refractivity contribution is -0.400. The Morgan fingerprint density at radius 2 is 0.364 bits per heavy atom. The fraction of sp³-hybridized carbons (Fsp3) is 1.00. The largest absolute Gasteiger partial charge is 0.394 e. The van der Waals surface area contributed by atoms with Crippen molar-refractivity contribution in [3.63, 3.8) is 0 Å². The van der Waals surface area contributed by atoms with E-state index in [1.54, 1.807) is 0 Å². The highest BCUT2D eigenvalue weighted by Gasteiger charge is 2.62. The summed E-state index contributed by atoms with van der Waals surface area (Å²) in [5, 5.41) is 334. The van der Waals surface area contributed by atoms with Crippen molar-refractivity contribution in [1.82, 2.24) is 0 Å². The molecular weight excluding hydrogens is 1520 g/mol. The minimum atomic E-state index is -2.47. The van der Waals surface area contributed by atoms with E-state index in [4.69, 9.17) is 94.7 Å². The molecule has 0 radical (unpaired) electrons. The van der Waals surface area contributed by atoms with Crippen LogP contribution in [0.15, 0.2) is 0 Å². The smallest absolute Gasteiger partial charge is 0.187 e. The van der Waals surface area contributed by atoms with E-state index in [2.05, 4.69) is 0 Å². The summed E-state index contributed by atoms with van der Waals surface area (Å²) in [4.78, 5) is 0. The summed E-state index contributed by atoms with van der Waals surface area (Å²) in [5.41, 5.74) is 0. The zero-order chi connectivity index (χ0) is 80.1. The molecule has 0 aliphatic carbocycles. The van der Waals surface area contributed by atoms with Gasteiger partial charge in [-0.3, -0.25) is 0 Å². The second-order valence-corrected chi connectivity index (χ2v) is 28.1. The maximum atomic E-state index is 12.1. The van der Waals surface area contributed by atoms with E-state index in [0.717, 1.165) is 0 Å². The van der Waals surface area contributed by atoms with Crippen LogP contribution in [0.3, 0.4) is 0 Å². The summed E-state index contributed by atoms with van der Waals surface area (Å²) < 4.78 is 115. The van der Waals surface area contributed by atoms with Crippen LogP contribution in [0.4, 0.5) is 0 Å². The highest BCUT2D eigenvalue weighted by molar-refractivity contribution is 5.04. The second kappa shape index (κ2) is 37.9. The molecule has 0 unspecified atom stereocenters. The van der Waals surface area contributed by atoms with Gasteiger partial charge in [-0.05, 0) is 0 Å². The number of hydrogen-bond acceptors (Lipinski definition) is 50. The first-order chi connectivity index (χ1) is 52.3. The molecule has 50 atom stereocenters. The topological polar surface area (TPSA) is 792 Å². The molecule has 0 aromatic rings. The molecule has 0 aromatic heterocycles. The van der Waals surface area contributed by atoms with Crippen molar-refractivity contribution in [2.75, 3.05) is 66.1 Å². The van der Waals surface area contributed by atoms with Crippen LogP contribution in [0.5, 0.6) is 0 Å². The van der Waals surface area contributed by atoms with Gasteiger partial charge in [-0.1, -0.05) is 0 Å². The molecule has 0 amide bonds. The van der Waals surface area contributed by atoms with Crippen molar-refractivity contribution in [3.8, 4) is 0 Å². The molecule has 110 heavy (non-hydrogen) atoms. The molecule has 50 heteroatoms.